The third-order valence-corrected chi connectivity index (χ3v) is 2.96. The van der Waals surface area contributed by atoms with Gasteiger partial charge in [0.05, 0.1) is 6.61 Å². The Bertz CT molecular complexity index is 367. The highest BCUT2D eigenvalue weighted by Crippen LogP contribution is 2.15. The van der Waals surface area contributed by atoms with Crippen molar-refractivity contribution in [2.75, 3.05) is 19.7 Å². The molecule has 0 unspecified atom stereocenters. The predicted molar refractivity (Wildman–Crippen MR) is 83.7 cm³/mol. The maximum Gasteiger partial charge on any atom is 0.119 e. The minimum atomic E-state index is 0.822. The maximum atomic E-state index is 5.70. The molecule has 0 saturated carbocycles. The lowest BCUT2D eigenvalue weighted by molar-refractivity contribution is 0.306. The Morgan fingerprint density at radius 1 is 1.16 bits per heavy atom. The van der Waals surface area contributed by atoms with Gasteiger partial charge in [0.25, 0.3) is 0 Å². The van der Waals surface area contributed by atoms with Crippen molar-refractivity contribution in [3.63, 3.8) is 0 Å². The first-order valence-electron chi connectivity index (χ1n) is 7.37. The summed E-state index contributed by atoms with van der Waals surface area (Å²) in [5, 5.41) is 3.33. The molecule has 0 amide bonds. The molecular weight excluding hydrogens is 234 g/mol. The van der Waals surface area contributed by atoms with Crippen molar-refractivity contribution in [2.24, 2.45) is 0 Å². The van der Waals surface area contributed by atoms with Crippen LogP contribution in [-0.4, -0.2) is 19.7 Å². The van der Waals surface area contributed by atoms with Crippen LogP contribution in [0.2, 0.25) is 0 Å². The highest BCUT2D eigenvalue weighted by molar-refractivity contribution is 5.53. The Morgan fingerprint density at radius 2 is 1.89 bits per heavy atom. The first kappa shape index (κ1) is 15.8. The van der Waals surface area contributed by atoms with Crippen LogP contribution in [0.5, 0.6) is 5.75 Å². The van der Waals surface area contributed by atoms with Gasteiger partial charge in [-0.1, -0.05) is 50.5 Å². The lowest BCUT2D eigenvalue weighted by Gasteiger charge is -2.06. The van der Waals surface area contributed by atoms with E-state index in [1.54, 1.807) is 0 Å². The van der Waals surface area contributed by atoms with E-state index in [-0.39, 0.29) is 0 Å². The summed E-state index contributed by atoms with van der Waals surface area (Å²) in [6.07, 6.45) is 5.83. The maximum absolute atomic E-state index is 5.70. The van der Waals surface area contributed by atoms with Crippen LogP contribution in [-0.2, 0) is 0 Å². The van der Waals surface area contributed by atoms with Crippen molar-refractivity contribution < 1.29 is 4.74 Å². The highest BCUT2D eigenvalue weighted by Gasteiger charge is 1.95. The van der Waals surface area contributed by atoms with Gasteiger partial charge in [-0.15, -0.1) is 0 Å². The number of hydrogen-bond donors (Lipinski definition) is 1. The van der Waals surface area contributed by atoms with E-state index in [1.165, 1.54) is 24.0 Å². The standard InChI is InChI=1S/C17H27NO/c1-4-6-7-12-19-17-10-8-16(9-11-17)13-15(3)14-18-5-2/h8-11,13,18H,4-7,12,14H2,1-3H3. The van der Waals surface area contributed by atoms with Gasteiger partial charge in [0.15, 0.2) is 0 Å². The van der Waals surface area contributed by atoms with Crippen LogP contribution in [0.4, 0.5) is 0 Å². The molecule has 0 bridgehead atoms. The second-order valence-corrected chi connectivity index (χ2v) is 4.90. The molecule has 1 aromatic carbocycles. The van der Waals surface area contributed by atoms with Crippen molar-refractivity contribution in [1.29, 1.82) is 0 Å². The second kappa shape index (κ2) is 9.62. The molecule has 0 radical (unpaired) electrons. The lowest BCUT2D eigenvalue weighted by atomic mass is 10.1. The number of hydrogen-bond acceptors (Lipinski definition) is 2. The third-order valence-electron chi connectivity index (χ3n) is 2.96. The van der Waals surface area contributed by atoms with Crippen LogP contribution in [0.1, 0.15) is 45.6 Å². The topological polar surface area (TPSA) is 21.3 Å². The summed E-state index contributed by atoms with van der Waals surface area (Å²) in [5.41, 5.74) is 2.58. The molecule has 0 aliphatic heterocycles. The molecule has 2 nitrogen and oxygen atoms in total. The Hall–Kier alpha value is -1.28. The molecule has 0 atom stereocenters. The first-order chi connectivity index (χ1) is 9.26. The lowest BCUT2D eigenvalue weighted by Crippen LogP contribution is -2.14. The van der Waals surface area contributed by atoms with Crippen LogP contribution in [0.15, 0.2) is 29.8 Å². The molecule has 0 heterocycles. The highest BCUT2D eigenvalue weighted by atomic mass is 16.5. The summed E-state index contributed by atoms with van der Waals surface area (Å²) < 4.78 is 5.70. The Kier molecular flexibility index (Phi) is 7.99. The van der Waals surface area contributed by atoms with Crippen LogP contribution >= 0.6 is 0 Å². The fourth-order valence-corrected chi connectivity index (χ4v) is 1.86. The quantitative estimate of drug-likeness (QED) is 0.670. The summed E-state index contributed by atoms with van der Waals surface area (Å²) in [7, 11) is 0. The smallest absolute Gasteiger partial charge is 0.119 e. The van der Waals surface area contributed by atoms with Crippen molar-refractivity contribution in [1.82, 2.24) is 5.32 Å². The molecule has 1 rings (SSSR count). The Morgan fingerprint density at radius 3 is 2.53 bits per heavy atom. The summed E-state index contributed by atoms with van der Waals surface area (Å²) in [6.45, 7) is 9.26. The van der Waals surface area contributed by atoms with E-state index in [0.717, 1.165) is 31.9 Å². The van der Waals surface area contributed by atoms with Gasteiger partial charge in [-0.05, 0) is 37.6 Å². The summed E-state index contributed by atoms with van der Waals surface area (Å²) in [6, 6.07) is 8.34. The molecule has 19 heavy (non-hydrogen) atoms. The number of ether oxygens (including phenoxy) is 1. The summed E-state index contributed by atoms with van der Waals surface area (Å²) >= 11 is 0. The Balaban J connectivity index is 2.42. The predicted octanol–water partition coefficient (Wildman–Crippen LogP) is 4.27. The van der Waals surface area contributed by atoms with E-state index in [2.05, 4.69) is 56.4 Å². The monoisotopic (exact) mass is 261 g/mol. The van der Waals surface area contributed by atoms with Gasteiger partial charge in [-0.3, -0.25) is 0 Å². The normalized spacial score (nSPS) is 11.6. The van der Waals surface area contributed by atoms with Crippen LogP contribution in [0.25, 0.3) is 6.08 Å². The fraction of sp³-hybridized carbons (Fsp3) is 0.529. The van der Waals surface area contributed by atoms with Crippen molar-refractivity contribution in [3.05, 3.63) is 35.4 Å². The van der Waals surface area contributed by atoms with Gasteiger partial charge in [-0.25, -0.2) is 0 Å². The molecule has 0 saturated heterocycles. The van der Waals surface area contributed by atoms with Crippen molar-refractivity contribution in [2.45, 2.75) is 40.0 Å². The molecule has 0 aliphatic rings. The zero-order valence-corrected chi connectivity index (χ0v) is 12.5. The molecular formula is C17H27NO. The Labute approximate surface area is 117 Å². The van der Waals surface area contributed by atoms with Crippen molar-refractivity contribution >= 4 is 6.08 Å². The molecule has 0 aromatic heterocycles. The van der Waals surface area contributed by atoms with Gasteiger partial charge < -0.3 is 10.1 Å². The molecule has 0 spiro atoms. The zero-order chi connectivity index (χ0) is 13.9. The van der Waals surface area contributed by atoms with Crippen LogP contribution in [0.3, 0.4) is 0 Å². The summed E-state index contributed by atoms with van der Waals surface area (Å²) in [4.78, 5) is 0. The van der Waals surface area contributed by atoms with E-state index in [0.29, 0.717) is 0 Å². The van der Waals surface area contributed by atoms with E-state index < -0.39 is 0 Å². The van der Waals surface area contributed by atoms with Gasteiger partial charge in [0.1, 0.15) is 5.75 Å². The van der Waals surface area contributed by atoms with Crippen LogP contribution in [0, 0.1) is 0 Å². The zero-order valence-electron chi connectivity index (χ0n) is 12.5. The van der Waals surface area contributed by atoms with E-state index in [1.807, 2.05) is 0 Å². The van der Waals surface area contributed by atoms with E-state index >= 15 is 0 Å². The molecule has 0 aliphatic carbocycles. The van der Waals surface area contributed by atoms with Gasteiger partial charge in [0, 0.05) is 6.54 Å². The molecule has 0 fully saturated rings. The summed E-state index contributed by atoms with van der Waals surface area (Å²) in [5.74, 6) is 0.970. The average molecular weight is 261 g/mol. The molecule has 1 aromatic rings. The van der Waals surface area contributed by atoms with Crippen molar-refractivity contribution in [3.8, 4) is 5.75 Å². The molecule has 2 heteroatoms. The number of likely N-dealkylation sites (N-methyl/N-ethyl adjacent to an activating group) is 1. The largest absolute Gasteiger partial charge is 0.494 e. The number of nitrogens with one attached hydrogen (secondary N) is 1. The molecule has 1 N–H and O–H groups in total. The SMILES string of the molecule is CCCCCOc1ccc(C=C(C)CNCC)cc1. The molecule has 106 valence electrons. The third kappa shape index (κ3) is 7.02. The van der Waals surface area contributed by atoms with Gasteiger partial charge in [0.2, 0.25) is 0 Å². The number of rotatable bonds is 9. The first-order valence-corrected chi connectivity index (χ1v) is 7.37. The van der Waals surface area contributed by atoms with E-state index in [9.17, 15) is 0 Å². The second-order valence-electron chi connectivity index (χ2n) is 4.90. The van der Waals surface area contributed by atoms with Gasteiger partial charge in [-0.2, -0.15) is 0 Å². The van der Waals surface area contributed by atoms with Crippen LogP contribution < -0.4 is 10.1 Å². The average Bonchev–Trinajstić information content (AvgIpc) is 2.43. The van der Waals surface area contributed by atoms with Gasteiger partial charge >= 0.3 is 0 Å². The fourth-order valence-electron chi connectivity index (χ4n) is 1.86. The minimum Gasteiger partial charge on any atom is -0.494 e. The number of benzene rings is 1. The minimum absolute atomic E-state index is 0.822. The van der Waals surface area contributed by atoms with E-state index in [4.69, 9.17) is 4.74 Å². The number of unbranched alkanes of at least 4 members (excludes halogenated alkanes) is 2.